The largest absolute Gasteiger partial charge is 0.317 e. The lowest BCUT2D eigenvalue weighted by atomic mass is 10.1. The monoisotopic (exact) mass is 273 g/mol. The summed E-state index contributed by atoms with van der Waals surface area (Å²) in [6.07, 6.45) is 3.25. The van der Waals surface area contributed by atoms with E-state index in [1.807, 2.05) is 13.1 Å². The van der Waals surface area contributed by atoms with Gasteiger partial charge in [0.2, 0.25) is 0 Å². The van der Waals surface area contributed by atoms with Crippen LogP contribution in [0.3, 0.4) is 0 Å². The van der Waals surface area contributed by atoms with Gasteiger partial charge >= 0.3 is 0 Å². The van der Waals surface area contributed by atoms with Crippen LogP contribution >= 0.6 is 15.9 Å². The van der Waals surface area contributed by atoms with Crippen LogP contribution in [0.2, 0.25) is 0 Å². The number of hydrogen-bond acceptors (Lipinski definition) is 1. The third-order valence-corrected chi connectivity index (χ3v) is 3.33. The summed E-state index contributed by atoms with van der Waals surface area (Å²) >= 11 is 3.38. The smallest absolute Gasteiger partial charge is 0.124 e. The van der Waals surface area contributed by atoms with Crippen LogP contribution in [0, 0.1) is 5.82 Å². The van der Waals surface area contributed by atoms with Crippen LogP contribution in [-0.2, 0) is 6.42 Å². The molecular formula is C12H17BrFN. The van der Waals surface area contributed by atoms with Crippen molar-refractivity contribution in [3.8, 4) is 0 Å². The van der Waals surface area contributed by atoms with Gasteiger partial charge in [0.1, 0.15) is 5.82 Å². The standard InChI is InChI=1S/C12H17BrFN/c1-9(15-2)4-3-5-10-6-7-11(14)8-12(10)13/h6-9,15H,3-5H2,1-2H3. The van der Waals surface area contributed by atoms with Gasteiger partial charge in [0.05, 0.1) is 0 Å². The second-order valence-electron chi connectivity index (χ2n) is 3.82. The summed E-state index contributed by atoms with van der Waals surface area (Å²) in [6.45, 7) is 2.17. The molecule has 1 aromatic carbocycles. The number of aryl methyl sites for hydroxylation is 1. The zero-order chi connectivity index (χ0) is 11.3. The molecule has 15 heavy (non-hydrogen) atoms. The molecule has 0 bridgehead atoms. The van der Waals surface area contributed by atoms with E-state index in [0.717, 1.165) is 23.7 Å². The Labute approximate surface area is 99.2 Å². The Morgan fingerprint density at radius 1 is 1.47 bits per heavy atom. The Kier molecular flexibility index (Phi) is 5.26. The highest BCUT2D eigenvalue weighted by molar-refractivity contribution is 9.10. The van der Waals surface area contributed by atoms with Gasteiger partial charge in [0.25, 0.3) is 0 Å². The van der Waals surface area contributed by atoms with Gasteiger partial charge in [-0.2, -0.15) is 0 Å². The van der Waals surface area contributed by atoms with E-state index in [4.69, 9.17) is 0 Å². The first-order valence-corrected chi connectivity index (χ1v) is 6.04. The second kappa shape index (κ2) is 6.23. The molecule has 1 N–H and O–H groups in total. The highest BCUT2D eigenvalue weighted by Gasteiger charge is 2.03. The van der Waals surface area contributed by atoms with Crippen LogP contribution in [-0.4, -0.2) is 13.1 Å². The van der Waals surface area contributed by atoms with Gasteiger partial charge in [-0.3, -0.25) is 0 Å². The van der Waals surface area contributed by atoms with E-state index in [9.17, 15) is 4.39 Å². The van der Waals surface area contributed by atoms with E-state index in [1.165, 1.54) is 17.7 Å². The van der Waals surface area contributed by atoms with Gasteiger partial charge in [0, 0.05) is 10.5 Å². The Morgan fingerprint density at radius 3 is 2.80 bits per heavy atom. The molecule has 0 aliphatic heterocycles. The van der Waals surface area contributed by atoms with E-state index in [1.54, 1.807) is 0 Å². The Bertz CT molecular complexity index is 314. The SMILES string of the molecule is CNC(C)CCCc1ccc(F)cc1Br. The maximum atomic E-state index is 12.8. The van der Waals surface area contributed by atoms with Crippen molar-refractivity contribution in [3.05, 3.63) is 34.1 Å². The molecule has 84 valence electrons. The number of hydrogen-bond donors (Lipinski definition) is 1. The van der Waals surface area contributed by atoms with E-state index in [2.05, 4.69) is 28.2 Å². The second-order valence-corrected chi connectivity index (χ2v) is 4.67. The van der Waals surface area contributed by atoms with Crippen molar-refractivity contribution in [2.75, 3.05) is 7.05 Å². The molecule has 0 fully saturated rings. The first-order chi connectivity index (χ1) is 7.13. The maximum absolute atomic E-state index is 12.8. The molecule has 0 amide bonds. The molecule has 0 radical (unpaired) electrons. The number of halogens is 2. The molecule has 0 saturated heterocycles. The third kappa shape index (κ3) is 4.31. The summed E-state index contributed by atoms with van der Waals surface area (Å²) in [5.41, 5.74) is 1.18. The number of rotatable bonds is 5. The van der Waals surface area contributed by atoms with Crippen molar-refractivity contribution in [3.63, 3.8) is 0 Å². The first kappa shape index (κ1) is 12.7. The fourth-order valence-electron chi connectivity index (χ4n) is 1.47. The molecule has 0 saturated carbocycles. The number of nitrogens with one attached hydrogen (secondary N) is 1. The van der Waals surface area contributed by atoms with E-state index in [0.29, 0.717) is 6.04 Å². The molecule has 0 aliphatic rings. The Morgan fingerprint density at radius 2 is 2.20 bits per heavy atom. The maximum Gasteiger partial charge on any atom is 0.124 e. The molecule has 0 aromatic heterocycles. The van der Waals surface area contributed by atoms with Crippen molar-refractivity contribution in [2.45, 2.75) is 32.2 Å². The molecule has 0 aliphatic carbocycles. The fraction of sp³-hybridized carbons (Fsp3) is 0.500. The highest BCUT2D eigenvalue weighted by atomic mass is 79.9. The van der Waals surface area contributed by atoms with Crippen LogP contribution < -0.4 is 5.32 Å². The summed E-state index contributed by atoms with van der Waals surface area (Å²) in [4.78, 5) is 0. The lowest BCUT2D eigenvalue weighted by Gasteiger charge is -2.10. The summed E-state index contributed by atoms with van der Waals surface area (Å²) < 4.78 is 13.7. The molecule has 3 heteroatoms. The minimum Gasteiger partial charge on any atom is -0.317 e. The third-order valence-electron chi connectivity index (χ3n) is 2.59. The average Bonchev–Trinajstić information content (AvgIpc) is 2.21. The normalized spacial score (nSPS) is 12.8. The molecule has 1 atom stereocenters. The summed E-state index contributed by atoms with van der Waals surface area (Å²) in [5.74, 6) is -0.186. The molecule has 0 spiro atoms. The highest BCUT2D eigenvalue weighted by Crippen LogP contribution is 2.20. The lowest BCUT2D eigenvalue weighted by molar-refractivity contribution is 0.541. The molecular weight excluding hydrogens is 257 g/mol. The van der Waals surface area contributed by atoms with Crippen LogP contribution in [0.15, 0.2) is 22.7 Å². The Balaban J connectivity index is 2.44. The van der Waals surface area contributed by atoms with Gasteiger partial charge in [-0.15, -0.1) is 0 Å². The Hall–Kier alpha value is -0.410. The quantitative estimate of drug-likeness (QED) is 0.866. The fourth-order valence-corrected chi connectivity index (χ4v) is 2.02. The van der Waals surface area contributed by atoms with E-state index < -0.39 is 0 Å². The van der Waals surface area contributed by atoms with Gasteiger partial charge in [0.15, 0.2) is 0 Å². The van der Waals surface area contributed by atoms with Crippen molar-refractivity contribution in [1.29, 1.82) is 0 Å². The van der Waals surface area contributed by atoms with Gasteiger partial charge < -0.3 is 5.32 Å². The molecule has 0 heterocycles. The van der Waals surface area contributed by atoms with Crippen molar-refractivity contribution >= 4 is 15.9 Å². The zero-order valence-corrected chi connectivity index (χ0v) is 10.8. The summed E-state index contributed by atoms with van der Waals surface area (Å²) in [5, 5.41) is 3.20. The molecule has 1 rings (SSSR count). The van der Waals surface area contributed by atoms with Crippen molar-refractivity contribution in [2.24, 2.45) is 0 Å². The van der Waals surface area contributed by atoms with Crippen molar-refractivity contribution in [1.82, 2.24) is 5.32 Å². The van der Waals surface area contributed by atoms with Crippen molar-refractivity contribution < 1.29 is 4.39 Å². The first-order valence-electron chi connectivity index (χ1n) is 5.24. The lowest BCUT2D eigenvalue weighted by Crippen LogP contribution is -2.20. The average molecular weight is 274 g/mol. The van der Waals surface area contributed by atoms with Gasteiger partial charge in [-0.05, 0) is 50.9 Å². The summed E-state index contributed by atoms with van der Waals surface area (Å²) in [6, 6.07) is 5.44. The number of benzene rings is 1. The van der Waals surface area contributed by atoms with Crippen LogP contribution in [0.5, 0.6) is 0 Å². The van der Waals surface area contributed by atoms with E-state index in [-0.39, 0.29) is 5.82 Å². The topological polar surface area (TPSA) is 12.0 Å². The summed E-state index contributed by atoms with van der Waals surface area (Å²) in [7, 11) is 1.97. The van der Waals surface area contributed by atoms with Crippen LogP contribution in [0.25, 0.3) is 0 Å². The minimum absolute atomic E-state index is 0.186. The van der Waals surface area contributed by atoms with E-state index >= 15 is 0 Å². The van der Waals surface area contributed by atoms with Crippen LogP contribution in [0.4, 0.5) is 4.39 Å². The molecule has 1 aromatic rings. The van der Waals surface area contributed by atoms with Crippen LogP contribution in [0.1, 0.15) is 25.3 Å². The molecule has 1 unspecified atom stereocenters. The predicted molar refractivity (Wildman–Crippen MR) is 65.6 cm³/mol. The predicted octanol–water partition coefficient (Wildman–Crippen LogP) is 3.52. The van der Waals surface area contributed by atoms with Gasteiger partial charge in [-0.25, -0.2) is 4.39 Å². The molecule has 1 nitrogen and oxygen atoms in total. The van der Waals surface area contributed by atoms with Gasteiger partial charge in [-0.1, -0.05) is 22.0 Å². The minimum atomic E-state index is -0.186. The zero-order valence-electron chi connectivity index (χ0n) is 9.19.